The molecule has 4 atom stereocenters. The van der Waals surface area contributed by atoms with Gasteiger partial charge in [0, 0.05) is 6.04 Å². The fourth-order valence-corrected chi connectivity index (χ4v) is 2.73. The van der Waals surface area contributed by atoms with Crippen molar-refractivity contribution in [2.75, 3.05) is 7.05 Å². The van der Waals surface area contributed by atoms with Crippen molar-refractivity contribution >= 4 is 0 Å². The Hall–Kier alpha value is -0.0400. The summed E-state index contributed by atoms with van der Waals surface area (Å²) in [6.07, 6.45) is 5.90. The summed E-state index contributed by atoms with van der Waals surface area (Å²) in [6.45, 7) is 2.42. The molecule has 0 aromatic heterocycles. The highest BCUT2D eigenvalue weighted by atomic mass is 14.9. The van der Waals surface area contributed by atoms with Crippen LogP contribution >= 0.6 is 0 Å². The minimum absolute atomic E-state index is 0.864. The molecule has 1 N–H and O–H groups in total. The molecule has 2 aliphatic carbocycles. The molecule has 1 unspecified atom stereocenters. The second kappa shape index (κ2) is 2.78. The molecule has 2 aliphatic rings. The zero-order valence-electron chi connectivity index (χ0n) is 7.64. The van der Waals surface area contributed by atoms with Crippen LogP contribution in [0.4, 0.5) is 0 Å². The zero-order chi connectivity index (χ0) is 7.84. The van der Waals surface area contributed by atoms with Crippen LogP contribution < -0.4 is 5.32 Å². The summed E-state index contributed by atoms with van der Waals surface area (Å²) in [5.41, 5.74) is 0. The van der Waals surface area contributed by atoms with Gasteiger partial charge < -0.3 is 5.32 Å². The van der Waals surface area contributed by atoms with Gasteiger partial charge >= 0.3 is 0 Å². The van der Waals surface area contributed by atoms with E-state index in [0.29, 0.717) is 0 Å². The van der Waals surface area contributed by atoms with E-state index in [1.807, 2.05) is 0 Å². The smallest absolute Gasteiger partial charge is 0.00951 e. The minimum atomic E-state index is 0.864. The van der Waals surface area contributed by atoms with Crippen LogP contribution in [0.5, 0.6) is 0 Å². The standard InChI is InChI=1S/C10H19N/c1-7-3-4-8(7)9-5-6-10(9)11-2/h7-11H,3-6H2,1-2H3/t7-,8+,9?,10+/m1/s1. The summed E-state index contributed by atoms with van der Waals surface area (Å²) >= 11 is 0. The van der Waals surface area contributed by atoms with Gasteiger partial charge in [-0.15, -0.1) is 0 Å². The van der Waals surface area contributed by atoms with Crippen molar-refractivity contribution in [1.82, 2.24) is 5.32 Å². The second-order valence-corrected chi connectivity index (χ2v) is 4.35. The lowest BCUT2D eigenvalue weighted by atomic mass is 9.59. The molecule has 0 amide bonds. The van der Waals surface area contributed by atoms with E-state index in [1.54, 1.807) is 0 Å². The van der Waals surface area contributed by atoms with Gasteiger partial charge in [0.25, 0.3) is 0 Å². The fourth-order valence-electron chi connectivity index (χ4n) is 2.73. The van der Waals surface area contributed by atoms with Gasteiger partial charge in [0.05, 0.1) is 0 Å². The van der Waals surface area contributed by atoms with Gasteiger partial charge in [0.1, 0.15) is 0 Å². The Kier molecular flexibility index (Phi) is 1.92. The zero-order valence-corrected chi connectivity index (χ0v) is 7.64. The van der Waals surface area contributed by atoms with E-state index in [2.05, 4.69) is 19.3 Å². The molecular weight excluding hydrogens is 134 g/mol. The summed E-state index contributed by atoms with van der Waals surface area (Å²) in [5.74, 6) is 3.13. The van der Waals surface area contributed by atoms with Crippen molar-refractivity contribution in [1.29, 1.82) is 0 Å². The molecule has 64 valence electrons. The van der Waals surface area contributed by atoms with Crippen molar-refractivity contribution < 1.29 is 0 Å². The Bertz CT molecular complexity index is 142. The van der Waals surface area contributed by atoms with Gasteiger partial charge in [-0.2, -0.15) is 0 Å². The van der Waals surface area contributed by atoms with E-state index >= 15 is 0 Å². The van der Waals surface area contributed by atoms with Crippen LogP contribution in [0.2, 0.25) is 0 Å². The van der Waals surface area contributed by atoms with Crippen molar-refractivity contribution in [3.05, 3.63) is 0 Å². The Morgan fingerprint density at radius 2 is 1.73 bits per heavy atom. The highest BCUT2D eigenvalue weighted by Gasteiger charge is 2.41. The lowest BCUT2D eigenvalue weighted by molar-refractivity contribution is 0.0377. The van der Waals surface area contributed by atoms with Crippen LogP contribution in [0.3, 0.4) is 0 Å². The molecule has 0 aliphatic heterocycles. The van der Waals surface area contributed by atoms with Crippen LogP contribution in [0.1, 0.15) is 32.6 Å². The van der Waals surface area contributed by atoms with Gasteiger partial charge in [0.15, 0.2) is 0 Å². The first-order chi connectivity index (χ1) is 5.33. The van der Waals surface area contributed by atoms with E-state index in [4.69, 9.17) is 0 Å². The molecule has 0 spiro atoms. The minimum Gasteiger partial charge on any atom is -0.317 e. The molecule has 0 aromatic rings. The first kappa shape index (κ1) is 7.60. The number of nitrogens with one attached hydrogen (secondary N) is 1. The highest BCUT2D eigenvalue weighted by Crippen LogP contribution is 2.47. The number of rotatable bonds is 2. The summed E-state index contributed by atoms with van der Waals surface area (Å²) in [7, 11) is 2.11. The molecule has 0 aromatic carbocycles. The molecular formula is C10H19N. The molecule has 2 fully saturated rings. The number of hydrogen-bond donors (Lipinski definition) is 1. The monoisotopic (exact) mass is 153 g/mol. The molecule has 1 heteroatoms. The maximum atomic E-state index is 3.42. The highest BCUT2D eigenvalue weighted by molar-refractivity contribution is 4.95. The Balaban J connectivity index is 1.85. The van der Waals surface area contributed by atoms with E-state index in [9.17, 15) is 0 Å². The van der Waals surface area contributed by atoms with Crippen LogP contribution in [-0.2, 0) is 0 Å². The molecule has 1 nitrogen and oxygen atoms in total. The summed E-state index contributed by atoms with van der Waals surface area (Å²) < 4.78 is 0. The van der Waals surface area contributed by atoms with Crippen molar-refractivity contribution in [2.45, 2.75) is 38.6 Å². The quantitative estimate of drug-likeness (QED) is 0.640. The first-order valence-corrected chi connectivity index (χ1v) is 5.00. The maximum Gasteiger partial charge on any atom is 0.00951 e. The van der Waals surface area contributed by atoms with Gasteiger partial charge in [-0.3, -0.25) is 0 Å². The molecule has 11 heavy (non-hydrogen) atoms. The average Bonchev–Trinajstić information content (AvgIpc) is 1.96. The molecule has 0 heterocycles. The predicted octanol–water partition coefficient (Wildman–Crippen LogP) is 2.03. The van der Waals surface area contributed by atoms with Crippen molar-refractivity contribution in [3.63, 3.8) is 0 Å². The van der Waals surface area contributed by atoms with Crippen LogP contribution in [-0.4, -0.2) is 13.1 Å². The number of hydrogen-bond acceptors (Lipinski definition) is 1. The van der Waals surface area contributed by atoms with Gasteiger partial charge in [-0.05, 0) is 44.1 Å². The van der Waals surface area contributed by atoms with Crippen LogP contribution in [0.15, 0.2) is 0 Å². The normalized spacial score (nSPS) is 49.6. The van der Waals surface area contributed by atoms with Gasteiger partial charge in [-0.25, -0.2) is 0 Å². The first-order valence-electron chi connectivity index (χ1n) is 5.00. The van der Waals surface area contributed by atoms with E-state index in [1.165, 1.54) is 25.7 Å². The molecule has 0 saturated heterocycles. The third kappa shape index (κ3) is 1.10. The van der Waals surface area contributed by atoms with Gasteiger partial charge in [-0.1, -0.05) is 13.3 Å². The van der Waals surface area contributed by atoms with Crippen LogP contribution in [0, 0.1) is 17.8 Å². The molecule has 0 radical (unpaired) electrons. The van der Waals surface area contributed by atoms with Crippen molar-refractivity contribution in [2.24, 2.45) is 17.8 Å². The fraction of sp³-hybridized carbons (Fsp3) is 1.00. The molecule has 0 bridgehead atoms. The van der Waals surface area contributed by atoms with E-state index in [0.717, 1.165) is 23.8 Å². The molecule has 2 saturated carbocycles. The lowest BCUT2D eigenvalue weighted by Crippen LogP contribution is -2.49. The maximum absolute atomic E-state index is 3.42. The summed E-state index contributed by atoms with van der Waals surface area (Å²) in [6, 6.07) is 0.864. The Labute approximate surface area is 69.6 Å². The second-order valence-electron chi connectivity index (χ2n) is 4.35. The van der Waals surface area contributed by atoms with E-state index in [-0.39, 0.29) is 0 Å². The average molecular weight is 153 g/mol. The third-order valence-corrected chi connectivity index (χ3v) is 3.93. The summed E-state index contributed by atoms with van der Waals surface area (Å²) in [5, 5.41) is 3.42. The van der Waals surface area contributed by atoms with Crippen molar-refractivity contribution in [3.8, 4) is 0 Å². The predicted molar refractivity (Wildman–Crippen MR) is 47.5 cm³/mol. The van der Waals surface area contributed by atoms with Gasteiger partial charge in [0.2, 0.25) is 0 Å². The van der Waals surface area contributed by atoms with Crippen LogP contribution in [0.25, 0.3) is 0 Å². The largest absolute Gasteiger partial charge is 0.317 e. The lowest BCUT2D eigenvalue weighted by Gasteiger charge is -2.49. The summed E-state index contributed by atoms with van der Waals surface area (Å²) in [4.78, 5) is 0. The SMILES string of the molecule is CN[C@H]1CCC1[C@H]1CC[C@H]1C. The van der Waals surface area contributed by atoms with E-state index < -0.39 is 0 Å². The third-order valence-electron chi connectivity index (χ3n) is 3.93. The Morgan fingerprint density at radius 3 is 2.00 bits per heavy atom. The Morgan fingerprint density at radius 1 is 1.00 bits per heavy atom. The topological polar surface area (TPSA) is 12.0 Å². The molecule has 2 rings (SSSR count).